The first kappa shape index (κ1) is 18.7. The van der Waals surface area contributed by atoms with E-state index in [1.165, 1.54) is 7.11 Å². The second kappa shape index (κ2) is 9.03. The van der Waals surface area contributed by atoms with Crippen molar-refractivity contribution in [2.75, 3.05) is 38.5 Å². The second-order valence-electron chi connectivity index (χ2n) is 5.14. The highest BCUT2D eigenvalue weighted by Crippen LogP contribution is 2.29. The summed E-state index contributed by atoms with van der Waals surface area (Å²) < 4.78 is 15.7. The zero-order valence-electron chi connectivity index (χ0n) is 14.4. The quantitative estimate of drug-likeness (QED) is 0.745. The van der Waals surface area contributed by atoms with Gasteiger partial charge >= 0.3 is 0 Å². The predicted molar refractivity (Wildman–Crippen MR) is 99.3 cm³/mol. The van der Waals surface area contributed by atoms with Crippen LogP contribution in [0.3, 0.4) is 0 Å². The maximum atomic E-state index is 12.2. The van der Waals surface area contributed by atoms with E-state index in [4.69, 9.17) is 25.8 Å². The molecule has 2 N–H and O–H groups in total. The third-order valence-electron chi connectivity index (χ3n) is 3.51. The number of ether oxygens (including phenoxy) is 3. The molecule has 134 valence electrons. The van der Waals surface area contributed by atoms with Crippen LogP contribution in [-0.4, -0.2) is 33.8 Å². The number of carbonyl (C=O) groups is 1. The van der Waals surface area contributed by atoms with E-state index in [0.29, 0.717) is 34.5 Å². The van der Waals surface area contributed by atoms with E-state index in [2.05, 4.69) is 10.6 Å². The maximum Gasteiger partial charge on any atom is 0.226 e. The highest BCUT2D eigenvalue weighted by Gasteiger charge is 2.10. The Labute approximate surface area is 152 Å². The molecule has 2 aromatic rings. The average Bonchev–Trinajstić information content (AvgIpc) is 2.62. The van der Waals surface area contributed by atoms with Crippen LogP contribution < -0.4 is 24.8 Å². The Morgan fingerprint density at radius 3 is 2.40 bits per heavy atom. The fourth-order valence-corrected chi connectivity index (χ4v) is 2.42. The van der Waals surface area contributed by atoms with Crippen molar-refractivity contribution < 1.29 is 19.0 Å². The van der Waals surface area contributed by atoms with Gasteiger partial charge in [0.25, 0.3) is 0 Å². The molecule has 0 aliphatic carbocycles. The molecule has 0 fully saturated rings. The van der Waals surface area contributed by atoms with Gasteiger partial charge in [0.15, 0.2) is 0 Å². The van der Waals surface area contributed by atoms with Crippen molar-refractivity contribution in [3.05, 3.63) is 41.4 Å². The van der Waals surface area contributed by atoms with Crippen LogP contribution in [-0.2, 0) is 4.79 Å². The molecule has 25 heavy (non-hydrogen) atoms. The van der Waals surface area contributed by atoms with Crippen molar-refractivity contribution in [1.29, 1.82) is 0 Å². The highest BCUT2D eigenvalue weighted by molar-refractivity contribution is 6.30. The van der Waals surface area contributed by atoms with E-state index in [1.54, 1.807) is 50.6 Å². The van der Waals surface area contributed by atoms with E-state index in [1.807, 2.05) is 0 Å². The summed E-state index contributed by atoms with van der Waals surface area (Å²) in [6.45, 7) is 0.432. The first-order valence-electron chi connectivity index (χ1n) is 7.66. The third-order valence-corrected chi connectivity index (χ3v) is 3.75. The summed E-state index contributed by atoms with van der Waals surface area (Å²) in [6.07, 6.45) is 0.269. The summed E-state index contributed by atoms with van der Waals surface area (Å²) in [5.41, 5.74) is 1.33. The van der Waals surface area contributed by atoms with Gasteiger partial charge in [-0.3, -0.25) is 4.79 Å². The lowest BCUT2D eigenvalue weighted by atomic mass is 10.2. The number of nitrogens with one attached hydrogen (secondary N) is 2. The van der Waals surface area contributed by atoms with Crippen molar-refractivity contribution in [3.8, 4) is 17.2 Å². The fraction of sp³-hybridized carbons (Fsp3) is 0.278. The van der Waals surface area contributed by atoms with Gasteiger partial charge in [0.05, 0.1) is 32.7 Å². The summed E-state index contributed by atoms with van der Waals surface area (Å²) in [6, 6.07) is 10.5. The molecule has 0 spiro atoms. The van der Waals surface area contributed by atoms with Crippen LogP contribution in [0.15, 0.2) is 36.4 Å². The molecule has 0 atom stereocenters. The monoisotopic (exact) mass is 364 g/mol. The largest absolute Gasteiger partial charge is 0.497 e. The molecule has 0 radical (unpaired) electrons. The van der Waals surface area contributed by atoms with E-state index >= 15 is 0 Å². The topological polar surface area (TPSA) is 68.8 Å². The number of hydrogen-bond acceptors (Lipinski definition) is 5. The Kier molecular flexibility index (Phi) is 6.77. The van der Waals surface area contributed by atoms with Gasteiger partial charge in [0.1, 0.15) is 17.2 Å². The lowest BCUT2D eigenvalue weighted by Crippen LogP contribution is -2.17. The smallest absolute Gasteiger partial charge is 0.226 e. The number of carbonyl (C=O) groups excluding carboxylic acids is 1. The summed E-state index contributed by atoms with van der Waals surface area (Å²) >= 11 is 5.98. The number of methoxy groups -OCH3 is 3. The predicted octanol–water partition coefficient (Wildman–Crippen LogP) is 3.81. The molecule has 7 heteroatoms. The molecule has 0 bridgehead atoms. The van der Waals surface area contributed by atoms with E-state index in [0.717, 1.165) is 5.69 Å². The van der Waals surface area contributed by atoms with E-state index in [9.17, 15) is 4.79 Å². The van der Waals surface area contributed by atoms with Crippen LogP contribution in [0.4, 0.5) is 11.4 Å². The molecule has 1 amide bonds. The van der Waals surface area contributed by atoms with Gasteiger partial charge in [-0.15, -0.1) is 0 Å². The summed E-state index contributed by atoms with van der Waals surface area (Å²) in [5.74, 6) is 1.72. The molecule has 2 rings (SSSR count). The molecule has 0 saturated carbocycles. The first-order chi connectivity index (χ1) is 12.1. The molecule has 0 saturated heterocycles. The number of hydrogen-bond donors (Lipinski definition) is 2. The van der Waals surface area contributed by atoms with Crippen LogP contribution in [0, 0.1) is 0 Å². The van der Waals surface area contributed by atoms with Crippen molar-refractivity contribution in [2.24, 2.45) is 0 Å². The summed E-state index contributed by atoms with van der Waals surface area (Å²) in [5, 5.41) is 6.56. The minimum Gasteiger partial charge on any atom is -0.497 e. The van der Waals surface area contributed by atoms with E-state index in [-0.39, 0.29) is 12.3 Å². The Balaban J connectivity index is 1.92. The van der Waals surface area contributed by atoms with Gasteiger partial charge in [-0.25, -0.2) is 0 Å². The van der Waals surface area contributed by atoms with Gasteiger partial charge in [-0.1, -0.05) is 11.6 Å². The van der Waals surface area contributed by atoms with Crippen molar-refractivity contribution in [1.82, 2.24) is 0 Å². The average molecular weight is 365 g/mol. The van der Waals surface area contributed by atoms with Gasteiger partial charge in [-0.05, 0) is 30.3 Å². The molecular formula is C18H21ClN2O4. The molecule has 2 aromatic carbocycles. The molecule has 0 aliphatic rings. The maximum absolute atomic E-state index is 12.2. The standard InChI is InChI=1S/C18H21ClN2O4/c1-23-13-5-6-14(17(11-13)25-3)21-18(22)8-9-20-15-10-12(19)4-7-16(15)24-2/h4-7,10-11,20H,8-9H2,1-3H3,(H,21,22). The third kappa shape index (κ3) is 5.19. The van der Waals surface area contributed by atoms with Crippen LogP contribution in [0.5, 0.6) is 17.2 Å². The van der Waals surface area contributed by atoms with Gasteiger partial charge in [-0.2, -0.15) is 0 Å². The van der Waals surface area contributed by atoms with E-state index < -0.39 is 0 Å². The number of anilines is 2. The van der Waals surface area contributed by atoms with Crippen molar-refractivity contribution in [2.45, 2.75) is 6.42 Å². The molecule has 0 aromatic heterocycles. The lowest BCUT2D eigenvalue weighted by Gasteiger charge is -2.13. The number of amides is 1. The van der Waals surface area contributed by atoms with Crippen molar-refractivity contribution >= 4 is 28.9 Å². The second-order valence-corrected chi connectivity index (χ2v) is 5.57. The molecule has 6 nitrogen and oxygen atoms in total. The molecule has 0 unspecified atom stereocenters. The number of halogens is 1. The summed E-state index contributed by atoms with van der Waals surface area (Å²) in [4.78, 5) is 12.2. The van der Waals surface area contributed by atoms with Crippen LogP contribution in [0.2, 0.25) is 5.02 Å². The lowest BCUT2D eigenvalue weighted by molar-refractivity contribution is -0.116. The van der Waals surface area contributed by atoms with Crippen LogP contribution in [0.1, 0.15) is 6.42 Å². The molecule has 0 heterocycles. The highest BCUT2D eigenvalue weighted by atomic mass is 35.5. The van der Waals surface area contributed by atoms with Gasteiger partial charge < -0.3 is 24.8 Å². The van der Waals surface area contributed by atoms with Crippen LogP contribution >= 0.6 is 11.6 Å². The summed E-state index contributed by atoms with van der Waals surface area (Å²) in [7, 11) is 4.69. The SMILES string of the molecule is COc1ccc(NC(=O)CCNc2cc(Cl)ccc2OC)c(OC)c1. The Morgan fingerprint density at radius 1 is 0.960 bits per heavy atom. The number of rotatable bonds is 8. The minimum atomic E-state index is -0.142. The Morgan fingerprint density at radius 2 is 1.72 bits per heavy atom. The van der Waals surface area contributed by atoms with Gasteiger partial charge in [0.2, 0.25) is 5.91 Å². The zero-order valence-corrected chi connectivity index (χ0v) is 15.1. The minimum absolute atomic E-state index is 0.142. The fourth-order valence-electron chi connectivity index (χ4n) is 2.24. The molecular weight excluding hydrogens is 344 g/mol. The number of benzene rings is 2. The van der Waals surface area contributed by atoms with Gasteiger partial charge in [0, 0.05) is 24.1 Å². The van der Waals surface area contributed by atoms with Crippen LogP contribution in [0.25, 0.3) is 0 Å². The first-order valence-corrected chi connectivity index (χ1v) is 8.04. The normalized spacial score (nSPS) is 10.1. The zero-order chi connectivity index (χ0) is 18.2. The van der Waals surface area contributed by atoms with Crippen molar-refractivity contribution in [3.63, 3.8) is 0 Å². The molecule has 0 aliphatic heterocycles. The Bertz CT molecular complexity index is 737. The Hall–Kier alpha value is -2.60.